The predicted molar refractivity (Wildman–Crippen MR) is 114 cm³/mol. The van der Waals surface area contributed by atoms with Gasteiger partial charge in [0.25, 0.3) is 5.91 Å². The average Bonchev–Trinajstić information content (AvgIpc) is 2.72. The largest absolute Gasteiger partial charge is 0.497 e. The van der Waals surface area contributed by atoms with Gasteiger partial charge in [0.05, 0.1) is 24.6 Å². The maximum atomic E-state index is 13.2. The molecule has 2 N–H and O–H groups in total. The molecule has 0 aliphatic carbocycles. The number of rotatable bonds is 7. The summed E-state index contributed by atoms with van der Waals surface area (Å²) in [6, 6.07) is 14.9. The van der Waals surface area contributed by atoms with Crippen LogP contribution in [0.25, 0.3) is 0 Å². The molecule has 1 fully saturated rings. The van der Waals surface area contributed by atoms with Crippen LogP contribution in [0, 0.1) is 5.92 Å². The van der Waals surface area contributed by atoms with Crippen LogP contribution >= 0.6 is 0 Å². The summed E-state index contributed by atoms with van der Waals surface area (Å²) in [7, 11) is -1.61. The Bertz CT molecular complexity index is 945. The molecule has 0 unspecified atom stereocenters. The number of carbonyl (C=O) groups excluding carboxylic acids is 1. The lowest BCUT2D eigenvalue weighted by Crippen LogP contribution is -2.43. The quantitative estimate of drug-likeness (QED) is 0.723. The third kappa shape index (κ3) is 5.95. The fourth-order valence-corrected chi connectivity index (χ4v) is 4.00. The normalized spacial score (nSPS) is 17.0. The zero-order valence-corrected chi connectivity index (χ0v) is 17.5. The number of hydrogen-bond donors (Lipinski definition) is 2. The predicted octanol–water partition coefficient (Wildman–Crippen LogP) is 2.84. The summed E-state index contributed by atoms with van der Waals surface area (Å²) in [6.45, 7) is 1.57. The topological polar surface area (TPSA) is 87.7 Å². The number of amides is 1. The molecule has 1 aliphatic heterocycles. The molecule has 1 saturated heterocycles. The van der Waals surface area contributed by atoms with Gasteiger partial charge in [-0.05, 0) is 55.2 Å². The summed E-state index contributed by atoms with van der Waals surface area (Å²) in [6.07, 6.45) is 2.91. The molecule has 3 rings (SSSR count). The zero-order valence-electron chi connectivity index (χ0n) is 16.7. The monoisotopic (exact) mass is 417 g/mol. The number of piperidine rings is 1. The van der Waals surface area contributed by atoms with Gasteiger partial charge in [-0.2, -0.15) is 0 Å². The Morgan fingerprint density at radius 3 is 2.59 bits per heavy atom. The van der Waals surface area contributed by atoms with Crippen LogP contribution in [0.3, 0.4) is 0 Å². The van der Waals surface area contributed by atoms with Crippen LogP contribution in [-0.4, -0.2) is 52.2 Å². The van der Waals surface area contributed by atoms with Gasteiger partial charge in [0.1, 0.15) is 5.75 Å². The van der Waals surface area contributed by atoms with Crippen LogP contribution in [-0.2, 0) is 10.0 Å². The summed E-state index contributed by atoms with van der Waals surface area (Å²) >= 11 is 0. The van der Waals surface area contributed by atoms with Crippen LogP contribution in [0.5, 0.6) is 5.75 Å². The molecule has 2 aromatic rings. The molecule has 1 amide bonds. The fraction of sp³-hybridized carbons (Fsp3) is 0.381. The summed E-state index contributed by atoms with van der Waals surface area (Å²) in [5.41, 5.74) is 2.19. The Labute approximate surface area is 172 Å². The number of methoxy groups -OCH3 is 1. The molecule has 0 saturated carbocycles. The van der Waals surface area contributed by atoms with Gasteiger partial charge in [-0.25, -0.2) is 13.1 Å². The van der Waals surface area contributed by atoms with E-state index in [2.05, 4.69) is 10.0 Å². The Kier molecular flexibility index (Phi) is 6.76. The first-order valence-electron chi connectivity index (χ1n) is 9.60. The lowest BCUT2D eigenvalue weighted by atomic mass is 9.97. The maximum Gasteiger partial charge on any atom is 0.255 e. The minimum atomic E-state index is -3.23. The molecule has 0 aromatic heterocycles. The van der Waals surface area contributed by atoms with Gasteiger partial charge < -0.3 is 15.0 Å². The van der Waals surface area contributed by atoms with Crippen LogP contribution in [0.1, 0.15) is 23.2 Å². The number of sulfonamides is 1. The van der Waals surface area contributed by atoms with E-state index >= 15 is 0 Å². The third-order valence-electron chi connectivity index (χ3n) is 4.97. The smallest absolute Gasteiger partial charge is 0.255 e. The number of carbonyl (C=O) groups is 1. The van der Waals surface area contributed by atoms with E-state index in [9.17, 15) is 13.2 Å². The number of para-hydroxylation sites is 1. The van der Waals surface area contributed by atoms with E-state index in [1.165, 1.54) is 0 Å². The van der Waals surface area contributed by atoms with E-state index in [4.69, 9.17) is 4.74 Å². The van der Waals surface area contributed by atoms with Crippen LogP contribution < -0.4 is 14.8 Å². The Morgan fingerprint density at radius 1 is 1.17 bits per heavy atom. The van der Waals surface area contributed by atoms with Crippen molar-refractivity contribution in [1.82, 2.24) is 9.62 Å². The first-order chi connectivity index (χ1) is 13.9. The van der Waals surface area contributed by atoms with Gasteiger partial charge in [0.15, 0.2) is 0 Å². The highest BCUT2D eigenvalue weighted by molar-refractivity contribution is 7.88. The molecule has 156 valence electrons. The first-order valence-corrected chi connectivity index (χ1v) is 11.5. The highest BCUT2D eigenvalue weighted by atomic mass is 32.2. The summed E-state index contributed by atoms with van der Waals surface area (Å²) in [4.78, 5) is 15.0. The molecule has 2 aromatic carbocycles. The van der Waals surface area contributed by atoms with Crippen molar-refractivity contribution >= 4 is 27.3 Å². The number of ether oxygens (including phenoxy) is 1. The highest BCUT2D eigenvalue weighted by Gasteiger charge is 2.26. The van der Waals surface area contributed by atoms with Crippen LogP contribution in [0.15, 0.2) is 48.5 Å². The van der Waals surface area contributed by atoms with Crippen molar-refractivity contribution < 1.29 is 17.9 Å². The van der Waals surface area contributed by atoms with Crippen molar-refractivity contribution in [2.24, 2.45) is 5.92 Å². The van der Waals surface area contributed by atoms with Gasteiger partial charge >= 0.3 is 0 Å². The lowest BCUT2D eigenvalue weighted by Gasteiger charge is -2.33. The zero-order chi connectivity index (χ0) is 20.9. The fourth-order valence-electron chi connectivity index (χ4n) is 3.46. The van der Waals surface area contributed by atoms with Crippen molar-refractivity contribution in [3.63, 3.8) is 0 Å². The molecule has 0 bridgehead atoms. The second-order valence-corrected chi connectivity index (χ2v) is 9.11. The van der Waals surface area contributed by atoms with Gasteiger partial charge in [0.2, 0.25) is 10.0 Å². The summed E-state index contributed by atoms with van der Waals surface area (Å²) in [5, 5.41) is 3.31. The SMILES string of the molecule is COc1ccc(Nc2ccccc2C(=O)N2CCC[C@H](CNS(C)(=O)=O)C2)cc1. The minimum Gasteiger partial charge on any atom is -0.497 e. The van der Waals surface area contributed by atoms with E-state index in [1.54, 1.807) is 7.11 Å². The number of likely N-dealkylation sites (tertiary alicyclic amines) is 1. The number of hydrogen-bond acceptors (Lipinski definition) is 5. The minimum absolute atomic E-state index is 0.0503. The second-order valence-electron chi connectivity index (χ2n) is 7.28. The molecule has 29 heavy (non-hydrogen) atoms. The molecule has 8 heteroatoms. The molecular weight excluding hydrogens is 390 g/mol. The standard InChI is InChI=1S/C21H27N3O4S/c1-28-18-11-9-17(10-12-18)23-20-8-4-3-7-19(20)21(25)24-13-5-6-16(15-24)14-22-29(2,26)27/h3-4,7-12,16,22-23H,5-6,13-15H2,1-2H3/t16-/m1/s1. The van der Waals surface area contributed by atoms with E-state index in [0.717, 1.165) is 36.2 Å². The third-order valence-corrected chi connectivity index (χ3v) is 5.66. The molecule has 1 aliphatic rings. The number of nitrogens with one attached hydrogen (secondary N) is 2. The maximum absolute atomic E-state index is 13.2. The van der Waals surface area contributed by atoms with E-state index in [-0.39, 0.29) is 11.8 Å². The molecule has 0 spiro atoms. The van der Waals surface area contributed by atoms with E-state index in [1.807, 2.05) is 53.4 Å². The number of benzene rings is 2. The second kappa shape index (κ2) is 9.28. The molecule has 0 radical (unpaired) electrons. The van der Waals surface area contributed by atoms with Gasteiger partial charge in [-0.1, -0.05) is 12.1 Å². The van der Waals surface area contributed by atoms with Crippen molar-refractivity contribution in [2.75, 3.05) is 38.3 Å². The van der Waals surface area contributed by atoms with Crippen molar-refractivity contribution in [1.29, 1.82) is 0 Å². The van der Waals surface area contributed by atoms with Crippen LogP contribution in [0.4, 0.5) is 11.4 Å². The lowest BCUT2D eigenvalue weighted by molar-refractivity contribution is 0.0677. The molecule has 1 heterocycles. The number of anilines is 2. The van der Waals surface area contributed by atoms with E-state index in [0.29, 0.717) is 25.2 Å². The van der Waals surface area contributed by atoms with E-state index < -0.39 is 10.0 Å². The first kappa shape index (κ1) is 21.1. The van der Waals surface area contributed by atoms with Crippen molar-refractivity contribution in [2.45, 2.75) is 12.8 Å². The van der Waals surface area contributed by atoms with Crippen molar-refractivity contribution in [3.05, 3.63) is 54.1 Å². The number of nitrogens with zero attached hydrogens (tertiary/aromatic N) is 1. The Hall–Kier alpha value is -2.58. The Morgan fingerprint density at radius 2 is 1.90 bits per heavy atom. The average molecular weight is 418 g/mol. The van der Waals surface area contributed by atoms with Crippen molar-refractivity contribution in [3.8, 4) is 5.75 Å². The molecule has 7 nitrogen and oxygen atoms in total. The highest BCUT2D eigenvalue weighted by Crippen LogP contribution is 2.26. The van der Waals surface area contributed by atoms with Gasteiger partial charge in [-0.3, -0.25) is 4.79 Å². The van der Waals surface area contributed by atoms with Gasteiger partial charge in [-0.15, -0.1) is 0 Å². The Balaban J connectivity index is 1.71. The summed E-state index contributed by atoms with van der Waals surface area (Å²) < 4.78 is 30.5. The molecule has 1 atom stereocenters. The summed E-state index contributed by atoms with van der Waals surface area (Å²) in [5.74, 6) is 0.830. The van der Waals surface area contributed by atoms with Gasteiger partial charge in [0, 0.05) is 25.3 Å². The molecular formula is C21H27N3O4S. The van der Waals surface area contributed by atoms with Crippen LogP contribution in [0.2, 0.25) is 0 Å².